The summed E-state index contributed by atoms with van der Waals surface area (Å²) in [6.07, 6.45) is 4.28. The highest BCUT2D eigenvalue weighted by Crippen LogP contribution is 2.26. The zero-order chi connectivity index (χ0) is 18.6. The third kappa shape index (κ3) is 4.80. The predicted octanol–water partition coefficient (Wildman–Crippen LogP) is 3.24. The Morgan fingerprint density at radius 2 is 2.11 bits per heavy atom. The summed E-state index contributed by atoms with van der Waals surface area (Å²) in [4.78, 5) is 17.9. The van der Waals surface area contributed by atoms with Crippen LogP contribution in [-0.4, -0.2) is 67.4 Å². The van der Waals surface area contributed by atoms with Gasteiger partial charge in [-0.1, -0.05) is 0 Å². The number of morpholine rings is 1. The number of hydrogen-bond donors (Lipinski definition) is 0. The number of nitrogens with zero attached hydrogens (tertiary/aromatic N) is 5. The molecule has 0 amide bonds. The molecule has 2 aromatic heterocycles. The van der Waals surface area contributed by atoms with E-state index in [0.29, 0.717) is 6.04 Å². The second-order valence-corrected chi connectivity index (χ2v) is 9.71. The van der Waals surface area contributed by atoms with Crippen LogP contribution in [0.5, 0.6) is 0 Å². The molecule has 2 aliphatic heterocycles. The van der Waals surface area contributed by atoms with Gasteiger partial charge in [0.15, 0.2) is 0 Å². The number of aromatic nitrogens is 2. The summed E-state index contributed by atoms with van der Waals surface area (Å²) in [7, 11) is 2.13. The smallest absolute Gasteiger partial charge is 0.227 e. The van der Waals surface area contributed by atoms with Crippen molar-refractivity contribution < 1.29 is 4.74 Å². The predicted molar refractivity (Wildman–Crippen MR) is 114 cm³/mol. The molecule has 2 fully saturated rings. The van der Waals surface area contributed by atoms with Crippen LogP contribution in [0.3, 0.4) is 0 Å². The van der Waals surface area contributed by atoms with Gasteiger partial charge in [-0.15, -0.1) is 11.3 Å². The number of ether oxygens (including phenoxy) is 1. The number of hydrogen-bond acceptors (Lipinski definition) is 7. The van der Waals surface area contributed by atoms with Crippen molar-refractivity contribution in [2.24, 2.45) is 0 Å². The molecule has 6 nitrogen and oxygen atoms in total. The van der Waals surface area contributed by atoms with Crippen molar-refractivity contribution in [2.45, 2.75) is 25.4 Å². The van der Waals surface area contributed by atoms with Crippen LogP contribution in [0.4, 0.5) is 11.8 Å². The van der Waals surface area contributed by atoms with Crippen LogP contribution in [0.25, 0.3) is 0 Å². The first-order valence-corrected chi connectivity index (χ1v) is 11.1. The number of rotatable bonds is 5. The average molecular weight is 452 g/mol. The molecular weight excluding hydrogens is 426 g/mol. The second-order valence-electron chi connectivity index (χ2n) is 7.16. The van der Waals surface area contributed by atoms with E-state index in [1.165, 1.54) is 21.5 Å². The summed E-state index contributed by atoms with van der Waals surface area (Å²) < 4.78 is 6.66. The third-order valence-electron chi connectivity index (χ3n) is 5.32. The molecule has 1 unspecified atom stereocenters. The van der Waals surface area contributed by atoms with E-state index in [0.717, 1.165) is 57.7 Å². The molecule has 4 heterocycles. The van der Waals surface area contributed by atoms with Gasteiger partial charge in [-0.3, -0.25) is 4.90 Å². The molecule has 0 N–H and O–H groups in total. The van der Waals surface area contributed by atoms with Crippen LogP contribution in [0.1, 0.15) is 17.7 Å². The number of halogens is 1. The second kappa shape index (κ2) is 8.86. The summed E-state index contributed by atoms with van der Waals surface area (Å²) in [5, 5.41) is 0. The van der Waals surface area contributed by atoms with Crippen LogP contribution in [0, 0.1) is 0 Å². The maximum Gasteiger partial charge on any atom is 0.227 e. The van der Waals surface area contributed by atoms with Gasteiger partial charge >= 0.3 is 0 Å². The van der Waals surface area contributed by atoms with Gasteiger partial charge in [-0.05, 0) is 53.5 Å². The molecule has 27 heavy (non-hydrogen) atoms. The number of likely N-dealkylation sites (N-methyl/N-ethyl adjacent to an activating group) is 1. The van der Waals surface area contributed by atoms with Crippen molar-refractivity contribution in [3.8, 4) is 0 Å². The molecule has 2 aromatic rings. The first-order valence-electron chi connectivity index (χ1n) is 9.54. The molecule has 8 heteroatoms. The Balaban J connectivity index is 1.41. The van der Waals surface area contributed by atoms with E-state index in [1.54, 1.807) is 0 Å². The van der Waals surface area contributed by atoms with E-state index >= 15 is 0 Å². The average Bonchev–Trinajstić information content (AvgIpc) is 3.13. The van der Waals surface area contributed by atoms with Crippen LogP contribution in [0.2, 0.25) is 0 Å². The number of thiophene rings is 1. The lowest BCUT2D eigenvalue weighted by molar-refractivity contribution is 0.122. The van der Waals surface area contributed by atoms with Crippen molar-refractivity contribution in [1.82, 2.24) is 14.9 Å². The molecule has 146 valence electrons. The summed E-state index contributed by atoms with van der Waals surface area (Å²) in [5.74, 6) is 1.83. The normalized spacial score (nSPS) is 21.4. The lowest BCUT2D eigenvalue weighted by Crippen LogP contribution is -2.46. The third-order valence-corrected chi connectivity index (χ3v) is 6.92. The summed E-state index contributed by atoms with van der Waals surface area (Å²) >= 11 is 5.39. The van der Waals surface area contributed by atoms with Gasteiger partial charge in [0.1, 0.15) is 5.82 Å². The summed E-state index contributed by atoms with van der Waals surface area (Å²) in [6.45, 7) is 6.57. The molecule has 1 atom stereocenters. The van der Waals surface area contributed by atoms with Crippen molar-refractivity contribution in [1.29, 1.82) is 0 Å². The van der Waals surface area contributed by atoms with Gasteiger partial charge < -0.3 is 14.5 Å². The number of likely N-dealkylation sites (tertiary alicyclic amines) is 1. The van der Waals surface area contributed by atoms with E-state index in [-0.39, 0.29) is 0 Å². The fourth-order valence-corrected chi connectivity index (χ4v) is 5.31. The highest BCUT2D eigenvalue weighted by molar-refractivity contribution is 9.11. The lowest BCUT2D eigenvalue weighted by Gasteiger charge is -2.37. The van der Waals surface area contributed by atoms with Crippen LogP contribution >= 0.6 is 27.3 Å². The summed E-state index contributed by atoms with van der Waals surface area (Å²) in [5.41, 5.74) is 0. The minimum atomic E-state index is 0.446. The quantitative estimate of drug-likeness (QED) is 0.694. The minimum Gasteiger partial charge on any atom is -0.378 e. The minimum absolute atomic E-state index is 0.446. The highest BCUT2D eigenvalue weighted by atomic mass is 79.9. The molecule has 0 aliphatic carbocycles. The Labute approximate surface area is 173 Å². The van der Waals surface area contributed by atoms with Crippen molar-refractivity contribution in [3.05, 3.63) is 33.1 Å². The SMILES string of the molecule is CN(c1nccc(N2CCOCC2)n1)C1CCCN(Cc2ccc(Br)s2)C1. The van der Waals surface area contributed by atoms with Gasteiger partial charge in [0, 0.05) is 50.3 Å². The summed E-state index contributed by atoms with van der Waals surface area (Å²) in [6, 6.07) is 6.81. The highest BCUT2D eigenvalue weighted by Gasteiger charge is 2.25. The fraction of sp³-hybridized carbons (Fsp3) is 0.579. The molecule has 0 saturated carbocycles. The Hall–Kier alpha value is -1.22. The molecule has 0 radical (unpaired) electrons. The molecule has 0 aromatic carbocycles. The number of piperidine rings is 1. The first kappa shape index (κ1) is 19.1. The van der Waals surface area contributed by atoms with Gasteiger partial charge in [0.25, 0.3) is 0 Å². The maximum absolute atomic E-state index is 5.45. The molecule has 2 saturated heterocycles. The largest absolute Gasteiger partial charge is 0.378 e. The van der Waals surface area contributed by atoms with E-state index in [2.05, 4.69) is 54.8 Å². The number of anilines is 2. The van der Waals surface area contributed by atoms with E-state index in [9.17, 15) is 0 Å². The van der Waals surface area contributed by atoms with Gasteiger partial charge in [-0.2, -0.15) is 4.98 Å². The zero-order valence-electron chi connectivity index (χ0n) is 15.7. The fourth-order valence-electron chi connectivity index (χ4n) is 3.79. The topological polar surface area (TPSA) is 44.7 Å². The molecule has 4 rings (SSSR count). The standard InChI is InChI=1S/C19H26BrN5OS/c1-23(19-21-7-6-18(22-19)25-9-11-26-12-10-25)15-3-2-8-24(13-15)14-16-4-5-17(20)27-16/h4-7,15H,2-3,8-14H2,1H3. The maximum atomic E-state index is 5.45. The van der Waals surface area contributed by atoms with E-state index in [4.69, 9.17) is 9.72 Å². The molecule has 0 spiro atoms. The van der Waals surface area contributed by atoms with Gasteiger partial charge in [-0.25, -0.2) is 4.98 Å². The van der Waals surface area contributed by atoms with E-state index in [1.807, 2.05) is 23.6 Å². The van der Waals surface area contributed by atoms with Gasteiger partial charge in [0.2, 0.25) is 5.95 Å². The van der Waals surface area contributed by atoms with Crippen LogP contribution in [-0.2, 0) is 11.3 Å². The Morgan fingerprint density at radius 1 is 1.26 bits per heavy atom. The first-order chi connectivity index (χ1) is 13.2. The van der Waals surface area contributed by atoms with Gasteiger partial charge in [0.05, 0.1) is 17.0 Å². The van der Waals surface area contributed by atoms with Crippen LogP contribution < -0.4 is 9.80 Å². The van der Waals surface area contributed by atoms with Crippen molar-refractivity contribution >= 4 is 39.0 Å². The molecule has 2 aliphatic rings. The molecule has 0 bridgehead atoms. The monoisotopic (exact) mass is 451 g/mol. The molecular formula is C19H26BrN5OS. The Kier molecular flexibility index (Phi) is 6.27. The van der Waals surface area contributed by atoms with Crippen molar-refractivity contribution in [3.63, 3.8) is 0 Å². The Morgan fingerprint density at radius 3 is 2.89 bits per heavy atom. The zero-order valence-corrected chi connectivity index (χ0v) is 18.1. The van der Waals surface area contributed by atoms with E-state index < -0.39 is 0 Å². The van der Waals surface area contributed by atoms with Crippen molar-refractivity contribution in [2.75, 3.05) is 56.2 Å². The Bertz CT molecular complexity index is 751. The van der Waals surface area contributed by atoms with Crippen LogP contribution in [0.15, 0.2) is 28.2 Å². The lowest BCUT2D eigenvalue weighted by atomic mass is 10.0.